The fourth-order valence-electron chi connectivity index (χ4n) is 10.4. The average molecular weight is 1300 g/mol. The summed E-state index contributed by atoms with van der Waals surface area (Å²) in [6.45, 7) is 9.44. The van der Waals surface area contributed by atoms with Gasteiger partial charge in [-0.15, -0.1) is 0 Å². The van der Waals surface area contributed by atoms with Crippen molar-refractivity contribution in [2.75, 3.05) is 39.6 Å². The number of phosphoric ester groups is 2. The number of hydrogen-bond acceptors (Lipinski definition) is 15. The molecular weight excluding hydrogens is 1160 g/mol. The Hall–Kier alpha value is -1.94. The molecule has 0 bridgehead atoms. The van der Waals surface area contributed by atoms with E-state index < -0.39 is 97.5 Å². The molecule has 3 N–H and O–H groups in total. The molecule has 0 radical (unpaired) electrons. The van der Waals surface area contributed by atoms with Gasteiger partial charge in [0.15, 0.2) is 12.2 Å². The third kappa shape index (κ3) is 60.3. The molecule has 17 nitrogen and oxygen atoms in total. The molecule has 0 spiro atoms. The zero-order chi connectivity index (χ0) is 65.0. The maximum atomic E-state index is 13.0. The Morgan fingerprint density at radius 1 is 0.318 bits per heavy atom. The van der Waals surface area contributed by atoms with Crippen molar-refractivity contribution in [3.8, 4) is 0 Å². The molecule has 0 aliphatic heterocycles. The highest BCUT2D eigenvalue weighted by atomic mass is 31.2. The van der Waals surface area contributed by atoms with Gasteiger partial charge in [-0.25, -0.2) is 9.13 Å². The van der Waals surface area contributed by atoms with Gasteiger partial charge in [0.05, 0.1) is 26.4 Å². The fraction of sp³-hybridized carbons (Fsp3) is 0.942. The minimum Gasteiger partial charge on any atom is -0.462 e. The number of carbonyl (C=O) groups excluding carboxylic acids is 4. The number of phosphoric acid groups is 2. The van der Waals surface area contributed by atoms with Crippen molar-refractivity contribution in [2.45, 2.75) is 368 Å². The van der Waals surface area contributed by atoms with Crippen molar-refractivity contribution < 1.29 is 80.2 Å². The topological polar surface area (TPSA) is 237 Å². The van der Waals surface area contributed by atoms with E-state index in [1.165, 1.54) is 161 Å². The first-order valence-electron chi connectivity index (χ1n) is 36.1. The lowest BCUT2D eigenvalue weighted by Gasteiger charge is -2.21. The van der Waals surface area contributed by atoms with E-state index in [9.17, 15) is 43.2 Å². The van der Waals surface area contributed by atoms with Gasteiger partial charge in [0, 0.05) is 25.7 Å². The Balaban J connectivity index is 5.21. The number of unbranched alkanes of at least 4 members (excludes halogenated alkanes) is 36. The normalized spacial score (nSPS) is 14.8. The smallest absolute Gasteiger partial charge is 0.462 e. The molecule has 0 amide bonds. The first kappa shape index (κ1) is 86.1. The van der Waals surface area contributed by atoms with Gasteiger partial charge in [-0.3, -0.25) is 37.3 Å². The number of hydrogen-bond donors (Lipinski definition) is 3. The molecule has 0 aromatic carbocycles. The zero-order valence-electron chi connectivity index (χ0n) is 57.0. The summed E-state index contributed by atoms with van der Waals surface area (Å²) in [6, 6.07) is 0. The Bertz CT molecular complexity index is 1720. The Labute approximate surface area is 537 Å². The van der Waals surface area contributed by atoms with Gasteiger partial charge in [0.1, 0.15) is 19.3 Å². The molecule has 0 aromatic heterocycles. The number of rotatable bonds is 68. The fourth-order valence-corrected chi connectivity index (χ4v) is 11.9. The van der Waals surface area contributed by atoms with Crippen LogP contribution in [0.25, 0.3) is 0 Å². The van der Waals surface area contributed by atoms with Gasteiger partial charge in [0.2, 0.25) is 0 Å². The van der Waals surface area contributed by atoms with Crippen molar-refractivity contribution in [3.63, 3.8) is 0 Å². The Kier molecular flexibility index (Phi) is 59.9. The van der Waals surface area contributed by atoms with E-state index in [0.717, 1.165) is 108 Å². The predicted molar refractivity (Wildman–Crippen MR) is 354 cm³/mol. The highest BCUT2D eigenvalue weighted by Crippen LogP contribution is 2.45. The maximum Gasteiger partial charge on any atom is 0.472 e. The summed E-state index contributed by atoms with van der Waals surface area (Å²) < 4.78 is 68.2. The number of esters is 4. The second-order valence-electron chi connectivity index (χ2n) is 25.4. The van der Waals surface area contributed by atoms with Gasteiger partial charge >= 0.3 is 39.5 Å². The van der Waals surface area contributed by atoms with Gasteiger partial charge in [-0.2, -0.15) is 0 Å². The Morgan fingerprint density at radius 3 is 0.807 bits per heavy atom. The van der Waals surface area contributed by atoms with Crippen LogP contribution in [0.4, 0.5) is 0 Å². The summed E-state index contributed by atoms with van der Waals surface area (Å²) in [5.41, 5.74) is 0. The second-order valence-corrected chi connectivity index (χ2v) is 28.3. The number of carbonyl (C=O) groups is 4. The third-order valence-electron chi connectivity index (χ3n) is 16.7. The number of aliphatic hydroxyl groups excluding tert-OH is 1. The molecular formula is C69H134O17P2. The van der Waals surface area contributed by atoms with Crippen LogP contribution in [0.5, 0.6) is 0 Å². The monoisotopic (exact) mass is 1300 g/mol. The standard InChI is InChI=1S/C69H134O17P2/c1-7-11-13-15-17-19-21-22-23-24-25-26-27-28-30-32-41-47-53-68(73)85-64(58-80-67(72)52-46-40-35-33-37-43-49-61(5)9-3)59-83-87(75,76)81-55-63(70)56-82-88(77,78)84-60-65(86-69(74)54-48-42-36-34-38-44-50-62(6)10-4)57-79-66(71)51-45-39-31-29-20-18-16-14-12-8-2/h61-65,70H,7-60H2,1-6H3,(H,75,76)(H,77,78)/t61?,62?,63-,64-,65-/m1/s1. The predicted octanol–water partition coefficient (Wildman–Crippen LogP) is 19.6. The van der Waals surface area contributed by atoms with E-state index >= 15 is 0 Å². The summed E-state index contributed by atoms with van der Waals surface area (Å²) in [7, 11) is -9.90. The van der Waals surface area contributed by atoms with Crippen molar-refractivity contribution in [1.29, 1.82) is 0 Å². The molecule has 7 atom stereocenters. The quantitative estimate of drug-likeness (QED) is 0.0222. The molecule has 0 heterocycles. The van der Waals surface area contributed by atoms with E-state index in [1.807, 2.05) is 0 Å². The SMILES string of the molecule is CCCCCCCCCCCCCCCCCCCCC(=O)O[C@H](COC(=O)CCCCCCCCC(C)CC)COP(=O)(O)OC[C@@H](O)COP(=O)(O)OC[C@@H](COC(=O)CCCCCCCCCCCC)OC(=O)CCCCCCCCC(C)CC. The first-order valence-corrected chi connectivity index (χ1v) is 39.1. The highest BCUT2D eigenvalue weighted by Gasteiger charge is 2.30. The van der Waals surface area contributed by atoms with Crippen molar-refractivity contribution in [1.82, 2.24) is 0 Å². The minimum absolute atomic E-state index is 0.103. The van der Waals surface area contributed by atoms with Crippen molar-refractivity contribution >= 4 is 39.5 Å². The van der Waals surface area contributed by atoms with Gasteiger partial charge in [0.25, 0.3) is 0 Å². The highest BCUT2D eigenvalue weighted by molar-refractivity contribution is 7.47. The molecule has 4 unspecified atom stereocenters. The van der Waals surface area contributed by atoms with Crippen molar-refractivity contribution in [2.24, 2.45) is 11.8 Å². The maximum absolute atomic E-state index is 13.0. The molecule has 88 heavy (non-hydrogen) atoms. The third-order valence-corrected chi connectivity index (χ3v) is 18.6. The molecule has 0 aromatic rings. The average Bonchev–Trinajstić information content (AvgIpc) is 3.70. The Morgan fingerprint density at radius 2 is 0.545 bits per heavy atom. The molecule has 0 fully saturated rings. The summed E-state index contributed by atoms with van der Waals surface area (Å²) in [5.74, 6) is -0.679. The largest absolute Gasteiger partial charge is 0.472 e. The summed E-state index contributed by atoms with van der Waals surface area (Å²) in [4.78, 5) is 72.4. The van der Waals surface area contributed by atoms with Crippen LogP contribution in [-0.2, 0) is 65.4 Å². The summed E-state index contributed by atoms with van der Waals surface area (Å²) in [6.07, 6.45) is 45.9. The molecule has 0 saturated heterocycles. The van der Waals surface area contributed by atoms with Crippen molar-refractivity contribution in [3.05, 3.63) is 0 Å². The van der Waals surface area contributed by atoms with Gasteiger partial charge < -0.3 is 33.8 Å². The molecule has 0 saturated carbocycles. The van der Waals surface area contributed by atoms with Crippen LogP contribution < -0.4 is 0 Å². The van der Waals surface area contributed by atoms with Crippen LogP contribution in [0.2, 0.25) is 0 Å². The molecule has 0 rings (SSSR count). The molecule has 19 heteroatoms. The van der Waals surface area contributed by atoms with Gasteiger partial charge in [-0.05, 0) is 37.5 Å². The van der Waals surface area contributed by atoms with E-state index in [-0.39, 0.29) is 25.7 Å². The van der Waals surface area contributed by atoms with Crippen LogP contribution >= 0.6 is 15.6 Å². The number of ether oxygens (including phenoxy) is 4. The first-order chi connectivity index (χ1) is 42.4. The van der Waals surface area contributed by atoms with Crippen LogP contribution in [0.3, 0.4) is 0 Å². The van der Waals surface area contributed by atoms with E-state index in [2.05, 4.69) is 41.5 Å². The van der Waals surface area contributed by atoms with E-state index in [1.54, 1.807) is 0 Å². The number of aliphatic hydroxyl groups is 1. The van der Waals surface area contributed by atoms with Crippen LogP contribution in [-0.4, -0.2) is 96.7 Å². The molecule has 0 aliphatic rings. The summed E-state index contributed by atoms with van der Waals surface area (Å²) >= 11 is 0. The van der Waals surface area contributed by atoms with E-state index in [4.69, 9.17) is 37.0 Å². The van der Waals surface area contributed by atoms with E-state index in [0.29, 0.717) is 25.7 Å². The lowest BCUT2D eigenvalue weighted by atomic mass is 10.00. The lowest BCUT2D eigenvalue weighted by Crippen LogP contribution is -2.30. The van der Waals surface area contributed by atoms with Gasteiger partial charge in [-0.1, -0.05) is 298 Å². The minimum atomic E-state index is -4.95. The lowest BCUT2D eigenvalue weighted by molar-refractivity contribution is -0.161. The molecule has 0 aliphatic carbocycles. The van der Waals surface area contributed by atoms with Crippen LogP contribution in [0.15, 0.2) is 0 Å². The van der Waals surface area contributed by atoms with Crippen LogP contribution in [0, 0.1) is 11.8 Å². The zero-order valence-corrected chi connectivity index (χ0v) is 58.8. The second kappa shape index (κ2) is 61.3. The summed E-state index contributed by atoms with van der Waals surface area (Å²) in [5, 5.41) is 10.6. The van der Waals surface area contributed by atoms with Crippen LogP contribution in [0.1, 0.15) is 350 Å². The molecule has 522 valence electrons.